The lowest BCUT2D eigenvalue weighted by Gasteiger charge is -2.65. The Morgan fingerprint density at radius 1 is 1.25 bits per heavy atom. The Morgan fingerprint density at radius 2 is 2.00 bits per heavy atom. The van der Waals surface area contributed by atoms with Gasteiger partial charge in [0, 0.05) is 36.1 Å². The average molecular weight is 444 g/mol. The van der Waals surface area contributed by atoms with Crippen LogP contribution in [0.25, 0.3) is 0 Å². The van der Waals surface area contributed by atoms with Crippen LogP contribution in [0.4, 0.5) is 0 Å². The number of ether oxygens (including phenoxy) is 2. The van der Waals surface area contributed by atoms with Crippen molar-refractivity contribution in [1.82, 2.24) is 5.32 Å². The van der Waals surface area contributed by atoms with E-state index in [2.05, 4.69) is 44.9 Å². The Kier molecular flexibility index (Phi) is 6.04. The second-order valence-corrected chi connectivity index (χ2v) is 11.7. The van der Waals surface area contributed by atoms with Gasteiger partial charge in [-0.05, 0) is 75.7 Å². The number of hydrogen-bond acceptors (Lipinski definition) is 5. The van der Waals surface area contributed by atoms with Crippen molar-refractivity contribution in [1.29, 1.82) is 0 Å². The summed E-state index contributed by atoms with van der Waals surface area (Å²) in [7, 11) is 1.97. The van der Waals surface area contributed by atoms with E-state index < -0.39 is 5.97 Å². The molecule has 4 fully saturated rings. The number of hydrogen-bond donors (Lipinski definition) is 1. The number of nitrogens with one attached hydrogen (secondary N) is 1. The van der Waals surface area contributed by atoms with E-state index in [0.29, 0.717) is 48.9 Å². The Morgan fingerprint density at radius 3 is 2.69 bits per heavy atom. The van der Waals surface area contributed by atoms with Gasteiger partial charge in [0.15, 0.2) is 0 Å². The number of likely N-dealkylation sites (N-methyl/N-ethyl adjacent to an activating group) is 1. The first kappa shape index (κ1) is 23.8. The van der Waals surface area contributed by atoms with Gasteiger partial charge >= 0.3 is 5.97 Å². The number of fused-ring (bicyclic) bond motifs is 5. The minimum atomic E-state index is -0.417. The summed E-state index contributed by atoms with van der Waals surface area (Å²) in [6, 6.07) is 0. The van der Waals surface area contributed by atoms with Crippen LogP contribution < -0.4 is 5.32 Å². The Bertz CT molecular complexity index is 844. The molecule has 0 bridgehead atoms. The third-order valence-corrected chi connectivity index (χ3v) is 10.3. The molecule has 5 heteroatoms. The first-order valence-corrected chi connectivity index (χ1v) is 12.6. The average Bonchev–Trinajstić information content (AvgIpc) is 2.93. The zero-order valence-electron chi connectivity index (χ0n) is 20.8. The van der Waals surface area contributed by atoms with E-state index in [0.717, 1.165) is 38.8 Å². The minimum absolute atomic E-state index is 0.00346. The van der Waals surface area contributed by atoms with Crippen molar-refractivity contribution in [2.75, 3.05) is 26.8 Å². The molecular formula is C27H41NO4. The molecule has 8 unspecified atom stereocenters. The van der Waals surface area contributed by atoms with Crippen LogP contribution in [0.1, 0.15) is 73.1 Å². The molecular weight excluding hydrogens is 402 g/mol. The lowest BCUT2D eigenvalue weighted by Crippen LogP contribution is -2.68. The van der Waals surface area contributed by atoms with Gasteiger partial charge in [0.1, 0.15) is 5.78 Å². The third-order valence-electron chi connectivity index (χ3n) is 10.3. The highest BCUT2D eigenvalue weighted by molar-refractivity contribution is 5.88. The molecule has 3 saturated carbocycles. The van der Waals surface area contributed by atoms with Gasteiger partial charge in [-0.1, -0.05) is 26.7 Å². The van der Waals surface area contributed by atoms with E-state index in [-0.39, 0.29) is 21.8 Å². The Balaban J connectivity index is 1.67. The smallest absolute Gasteiger partial charge is 0.384 e. The Hall–Kier alpha value is -1.38. The summed E-state index contributed by atoms with van der Waals surface area (Å²) in [5.41, 5.74) is -0.553. The van der Waals surface area contributed by atoms with Gasteiger partial charge in [-0.25, -0.2) is 4.79 Å². The highest BCUT2D eigenvalue weighted by Gasteiger charge is 2.68. The van der Waals surface area contributed by atoms with Gasteiger partial charge in [0.2, 0.25) is 0 Å². The molecule has 8 atom stereocenters. The van der Waals surface area contributed by atoms with Crippen LogP contribution in [-0.4, -0.2) is 44.2 Å². The van der Waals surface area contributed by atoms with Crippen molar-refractivity contribution in [2.45, 2.75) is 78.7 Å². The molecule has 0 spiro atoms. The van der Waals surface area contributed by atoms with Gasteiger partial charge in [-0.2, -0.15) is 0 Å². The summed E-state index contributed by atoms with van der Waals surface area (Å²) in [6.07, 6.45) is 5.38. The normalized spacial score (nSPS) is 47.5. The molecule has 1 heterocycles. The molecule has 4 rings (SSSR count). The summed E-state index contributed by atoms with van der Waals surface area (Å²) < 4.78 is 11.8. The molecule has 0 amide bonds. The molecule has 1 saturated heterocycles. The predicted molar refractivity (Wildman–Crippen MR) is 124 cm³/mol. The van der Waals surface area contributed by atoms with Crippen LogP contribution in [0.2, 0.25) is 0 Å². The number of carbonyl (C=O) groups excluding carboxylic acids is 2. The third kappa shape index (κ3) is 3.28. The van der Waals surface area contributed by atoms with Crippen molar-refractivity contribution in [3.8, 4) is 11.8 Å². The van der Waals surface area contributed by atoms with Crippen LogP contribution >= 0.6 is 0 Å². The van der Waals surface area contributed by atoms with Crippen LogP contribution in [0, 0.1) is 51.8 Å². The predicted octanol–water partition coefficient (Wildman–Crippen LogP) is 4.00. The number of ketones is 1. The van der Waals surface area contributed by atoms with E-state index in [1.165, 1.54) is 0 Å². The molecule has 1 N–H and O–H groups in total. The van der Waals surface area contributed by atoms with Crippen molar-refractivity contribution in [3.63, 3.8) is 0 Å². The summed E-state index contributed by atoms with van der Waals surface area (Å²) in [6.45, 7) is 13.1. The highest BCUT2D eigenvalue weighted by atomic mass is 16.5. The maximum Gasteiger partial charge on any atom is 0.384 e. The Labute approximate surface area is 193 Å². The molecule has 4 aliphatic rings. The van der Waals surface area contributed by atoms with Crippen LogP contribution in [0.5, 0.6) is 0 Å². The van der Waals surface area contributed by atoms with Gasteiger partial charge in [0.25, 0.3) is 0 Å². The molecule has 0 aromatic heterocycles. The van der Waals surface area contributed by atoms with Crippen molar-refractivity contribution in [2.24, 2.45) is 39.9 Å². The second kappa shape index (κ2) is 8.13. The fourth-order valence-corrected chi connectivity index (χ4v) is 8.65. The van der Waals surface area contributed by atoms with Crippen LogP contribution in [-0.2, 0) is 19.1 Å². The number of carbonyl (C=O) groups is 2. The largest absolute Gasteiger partial charge is 0.456 e. The number of rotatable bonds is 3. The number of esters is 1. The highest BCUT2D eigenvalue weighted by Crippen LogP contribution is 2.71. The fourth-order valence-electron chi connectivity index (χ4n) is 8.65. The lowest BCUT2D eigenvalue weighted by atomic mass is 9.45. The lowest BCUT2D eigenvalue weighted by molar-refractivity contribution is -0.254. The molecule has 0 radical (unpaired) electrons. The van der Waals surface area contributed by atoms with Crippen LogP contribution in [0.15, 0.2) is 0 Å². The molecule has 3 aliphatic carbocycles. The molecule has 1 aliphatic heterocycles. The van der Waals surface area contributed by atoms with Gasteiger partial charge < -0.3 is 14.8 Å². The molecule has 0 aromatic rings. The first-order valence-electron chi connectivity index (χ1n) is 12.6. The van der Waals surface area contributed by atoms with E-state index in [4.69, 9.17) is 9.47 Å². The zero-order valence-corrected chi connectivity index (χ0v) is 20.8. The van der Waals surface area contributed by atoms with E-state index in [1.807, 2.05) is 14.0 Å². The van der Waals surface area contributed by atoms with Crippen molar-refractivity contribution in [3.05, 3.63) is 0 Å². The molecule has 5 nitrogen and oxygen atoms in total. The molecule has 178 valence electrons. The van der Waals surface area contributed by atoms with Gasteiger partial charge in [0.05, 0.1) is 18.8 Å². The maximum absolute atomic E-state index is 12.5. The van der Waals surface area contributed by atoms with Crippen LogP contribution in [0.3, 0.4) is 0 Å². The van der Waals surface area contributed by atoms with Gasteiger partial charge in [-0.15, -0.1) is 0 Å². The minimum Gasteiger partial charge on any atom is -0.456 e. The molecule has 0 aromatic carbocycles. The standard InChI is InChI=1S/C27H41NO4/c1-7-31-22(30)10-11-24(3)14-18(2)23-20-16-32-27(17-28-6)15-19(29)8-12-25(27,4)21(20)9-13-26(23,24)5/h18,20-21,23,28H,7-9,12-17H2,1-6H3. The van der Waals surface area contributed by atoms with Gasteiger partial charge in [-0.3, -0.25) is 4.79 Å². The second-order valence-electron chi connectivity index (χ2n) is 11.7. The van der Waals surface area contributed by atoms with E-state index in [9.17, 15) is 9.59 Å². The summed E-state index contributed by atoms with van der Waals surface area (Å²) in [5, 5.41) is 3.34. The van der Waals surface area contributed by atoms with E-state index >= 15 is 0 Å². The fraction of sp³-hybridized carbons (Fsp3) is 0.852. The topological polar surface area (TPSA) is 64.6 Å². The summed E-state index contributed by atoms with van der Waals surface area (Å²) in [4.78, 5) is 24.5. The monoisotopic (exact) mass is 443 g/mol. The number of Topliss-reactive ketones (excluding diaryl/α,β-unsaturated/α-hetero) is 1. The molecule has 32 heavy (non-hydrogen) atoms. The summed E-state index contributed by atoms with van der Waals surface area (Å²) >= 11 is 0. The SMILES string of the molecule is CCOC(=O)C#CC1(C)CC(C)C2C3COC4(CNC)CC(=O)CCC4(C)C3CCC21C. The summed E-state index contributed by atoms with van der Waals surface area (Å²) in [5.74, 6) is 8.17. The van der Waals surface area contributed by atoms with Crippen molar-refractivity contribution < 1.29 is 19.1 Å². The maximum atomic E-state index is 12.5. The zero-order chi connectivity index (χ0) is 23.4. The quantitative estimate of drug-likeness (QED) is 0.406. The first-order chi connectivity index (χ1) is 15.1. The van der Waals surface area contributed by atoms with E-state index in [1.54, 1.807) is 0 Å². The van der Waals surface area contributed by atoms with Crippen molar-refractivity contribution >= 4 is 11.8 Å².